The summed E-state index contributed by atoms with van der Waals surface area (Å²) in [5.41, 5.74) is 2.82. The smallest absolute Gasteiger partial charge is 0.0707 e. The van der Waals surface area contributed by atoms with Gasteiger partial charge in [0, 0.05) is 5.71 Å². The van der Waals surface area contributed by atoms with Crippen molar-refractivity contribution in [3.8, 4) is 0 Å². The van der Waals surface area contributed by atoms with Gasteiger partial charge in [-0.1, -0.05) is 111 Å². The van der Waals surface area contributed by atoms with Gasteiger partial charge in [-0.3, -0.25) is 4.99 Å². The van der Waals surface area contributed by atoms with Crippen LogP contribution in [0.4, 0.5) is 0 Å². The minimum Gasteiger partial charge on any atom is -0.286 e. The molecule has 0 rings (SSSR count). The van der Waals surface area contributed by atoms with Gasteiger partial charge in [0.1, 0.15) is 0 Å². The molecular formula is C25H49N. The third-order valence-electron chi connectivity index (χ3n) is 6.45. The Balaban J connectivity index is 4.75. The van der Waals surface area contributed by atoms with Crippen molar-refractivity contribution in [1.82, 2.24) is 0 Å². The van der Waals surface area contributed by atoms with E-state index < -0.39 is 0 Å². The zero-order valence-electron chi connectivity index (χ0n) is 19.6. The highest BCUT2D eigenvalue weighted by atomic mass is 14.8. The summed E-state index contributed by atoms with van der Waals surface area (Å²) in [6, 6.07) is 0.339. The molecule has 0 fully saturated rings. The van der Waals surface area contributed by atoms with Crippen LogP contribution < -0.4 is 0 Å². The standard InChI is InChI=1S/C25H49N/c1-10-12-13-14-15-16-17-21(6)23(8)24(9)26-25(20(5)11-2)18-22(7)19(3)4/h18-21,23,25H,10-17H2,1-9H3. The fourth-order valence-corrected chi connectivity index (χ4v) is 3.29. The third-order valence-corrected chi connectivity index (χ3v) is 6.45. The topological polar surface area (TPSA) is 12.4 Å². The van der Waals surface area contributed by atoms with Crippen LogP contribution in [0.1, 0.15) is 114 Å². The van der Waals surface area contributed by atoms with E-state index in [-0.39, 0.29) is 0 Å². The van der Waals surface area contributed by atoms with Crippen molar-refractivity contribution in [2.24, 2.45) is 28.7 Å². The maximum atomic E-state index is 5.20. The highest BCUT2D eigenvalue weighted by molar-refractivity contribution is 5.84. The zero-order chi connectivity index (χ0) is 20.1. The quantitative estimate of drug-likeness (QED) is 0.167. The molecule has 0 aromatic heterocycles. The summed E-state index contributed by atoms with van der Waals surface area (Å²) in [5.74, 6) is 2.54. The molecule has 1 nitrogen and oxygen atoms in total. The first kappa shape index (κ1) is 25.4. The molecule has 0 aromatic carbocycles. The van der Waals surface area contributed by atoms with Crippen LogP contribution in [0.2, 0.25) is 0 Å². The summed E-state index contributed by atoms with van der Waals surface area (Å²) >= 11 is 0. The summed E-state index contributed by atoms with van der Waals surface area (Å²) < 4.78 is 0. The first-order chi connectivity index (χ1) is 12.2. The van der Waals surface area contributed by atoms with Crippen LogP contribution >= 0.6 is 0 Å². The molecule has 0 aromatic rings. The van der Waals surface area contributed by atoms with Crippen molar-refractivity contribution in [3.63, 3.8) is 0 Å². The van der Waals surface area contributed by atoms with Gasteiger partial charge in [0.2, 0.25) is 0 Å². The van der Waals surface area contributed by atoms with Gasteiger partial charge in [-0.05, 0) is 37.5 Å². The lowest BCUT2D eigenvalue weighted by atomic mass is 9.87. The van der Waals surface area contributed by atoms with Gasteiger partial charge in [-0.15, -0.1) is 0 Å². The minimum atomic E-state index is 0.339. The van der Waals surface area contributed by atoms with E-state index in [4.69, 9.17) is 4.99 Å². The van der Waals surface area contributed by atoms with Crippen molar-refractivity contribution in [2.75, 3.05) is 0 Å². The second-order valence-corrected chi connectivity index (χ2v) is 9.03. The maximum absolute atomic E-state index is 5.20. The number of nitrogens with zero attached hydrogens (tertiary/aromatic N) is 1. The highest BCUT2D eigenvalue weighted by Gasteiger charge is 2.18. The lowest BCUT2D eigenvalue weighted by molar-refractivity contribution is 0.417. The maximum Gasteiger partial charge on any atom is 0.0707 e. The van der Waals surface area contributed by atoms with E-state index in [0.717, 1.165) is 5.92 Å². The Morgan fingerprint density at radius 3 is 1.92 bits per heavy atom. The molecule has 0 N–H and O–H groups in total. The van der Waals surface area contributed by atoms with Crippen LogP contribution in [0.25, 0.3) is 0 Å². The van der Waals surface area contributed by atoms with E-state index in [2.05, 4.69) is 68.4 Å². The molecular weight excluding hydrogens is 314 g/mol. The molecule has 0 saturated carbocycles. The van der Waals surface area contributed by atoms with Crippen LogP contribution in [-0.4, -0.2) is 11.8 Å². The SMILES string of the molecule is CCCCCCCCC(C)C(C)C(C)=NC(C=C(C)C(C)C)C(C)CC. The number of hydrogen-bond donors (Lipinski definition) is 0. The summed E-state index contributed by atoms with van der Waals surface area (Å²) in [6.45, 7) is 20.8. The van der Waals surface area contributed by atoms with Crippen LogP contribution in [0, 0.1) is 23.7 Å². The van der Waals surface area contributed by atoms with Crippen molar-refractivity contribution in [3.05, 3.63) is 11.6 Å². The van der Waals surface area contributed by atoms with E-state index in [1.165, 1.54) is 62.7 Å². The van der Waals surface area contributed by atoms with Crippen LogP contribution in [0.15, 0.2) is 16.6 Å². The fourth-order valence-electron chi connectivity index (χ4n) is 3.29. The highest BCUT2D eigenvalue weighted by Crippen LogP contribution is 2.24. The largest absolute Gasteiger partial charge is 0.286 e. The lowest BCUT2D eigenvalue weighted by Gasteiger charge is -2.24. The Bertz CT molecular complexity index is 404. The van der Waals surface area contributed by atoms with Gasteiger partial charge >= 0.3 is 0 Å². The van der Waals surface area contributed by atoms with Gasteiger partial charge in [0.25, 0.3) is 0 Å². The van der Waals surface area contributed by atoms with Gasteiger partial charge < -0.3 is 0 Å². The zero-order valence-corrected chi connectivity index (χ0v) is 19.6. The average Bonchev–Trinajstić information content (AvgIpc) is 2.61. The predicted molar refractivity (Wildman–Crippen MR) is 121 cm³/mol. The second kappa shape index (κ2) is 14.5. The summed E-state index contributed by atoms with van der Waals surface area (Å²) in [7, 11) is 0. The summed E-state index contributed by atoms with van der Waals surface area (Å²) in [4.78, 5) is 5.20. The molecule has 0 aliphatic rings. The molecule has 0 bridgehead atoms. The normalized spacial score (nSPS) is 18.1. The molecule has 0 amide bonds. The number of rotatable bonds is 14. The Morgan fingerprint density at radius 1 is 0.808 bits per heavy atom. The molecule has 0 saturated heterocycles. The average molecular weight is 364 g/mol. The minimum absolute atomic E-state index is 0.339. The molecule has 0 aliphatic heterocycles. The van der Waals surface area contributed by atoms with Crippen molar-refractivity contribution >= 4 is 5.71 Å². The van der Waals surface area contributed by atoms with E-state index in [0.29, 0.717) is 23.8 Å². The second-order valence-electron chi connectivity index (χ2n) is 9.03. The molecule has 0 spiro atoms. The first-order valence-electron chi connectivity index (χ1n) is 11.5. The van der Waals surface area contributed by atoms with Crippen LogP contribution in [0.3, 0.4) is 0 Å². The van der Waals surface area contributed by atoms with Gasteiger partial charge in [-0.2, -0.15) is 0 Å². The monoisotopic (exact) mass is 363 g/mol. The molecule has 4 atom stereocenters. The van der Waals surface area contributed by atoms with Gasteiger partial charge in [0.15, 0.2) is 0 Å². The van der Waals surface area contributed by atoms with Gasteiger partial charge in [-0.25, -0.2) is 0 Å². The van der Waals surface area contributed by atoms with E-state index >= 15 is 0 Å². The Kier molecular flexibility index (Phi) is 14.1. The molecule has 26 heavy (non-hydrogen) atoms. The molecule has 154 valence electrons. The number of hydrogen-bond acceptors (Lipinski definition) is 1. The Morgan fingerprint density at radius 2 is 1.38 bits per heavy atom. The number of unbranched alkanes of at least 4 members (excludes halogenated alkanes) is 5. The first-order valence-corrected chi connectivity index (χ1v) is 11.5. The van der Waals surface area contributed by atoms with Crippen LogP contribution in [0.5, 0.6) is 0 Å². The third kappa shape index (κ3) is 10.5. The molecule has 0 aliphatic carbocycles. The van der Waals surface area contributed by atoms with Crippen LogP contribution in [-0.2, 0) is 0 Å². The van der Waals surface area contributed by atoms with Gasteiger partial charge in [0.05, 0.1) is 6.04 Å². The van der Waals surface area contributed by atoms with Crippen molar-refractivity contribution in [2.45, 2.75) is 120 Å². The van der Waals surface area contributed by atoms with Crippen molar-refractivity contribution in [1.29, 1.82) is 0 Å². The fraction of sp³-hybridized carbons (Fsp3) is 0.880. The summed E-state index contributed by atoms with van der Waals surface area (Å²) in [6.07, 6.45) is 13.3. The Labute approximate surface area is 166 Å². The van der Waals surface area contributed by atoms with E-state index in [1.54, 1.807) is 0 Å². The number of allylic oxidation sites excluding steroid dienone is 1. The lowest BCUT2D eigenvalue weighted by Crippen LogP contribution is -2.21. The molecule has 0 heterocycles. The van der Waals surface area contributed by atoms with E-state index in [9.17, 15) is 0 Å². The van der Waals surface area contributed by atoms with E-state index in [1.807, 2.05) is 0 Å². The number of aliphatic imine (C=N–C) groups is 1. The predicted octanol–water partition coefficient (Wildman–Crippen LogP) is 8.49. The molecule has 1 heteroatoms. The summed E-state index contributed by atoms with van der Waals surface area (Å²) in [5, 5.41) is 0. The molecule has 4 unspecified atom stereocenters. The van der Waals surface area contributed by atoms with Crippen molar-refractivity contribution < 1.29 is 0 Å². The molecule has 0 radical (unpaired) electrons. The Hall–Kier alpha value is -0.590.